The van der Waals surface area contributed by atoms with Gasteiger partial charge in [-0.2, -0.15) is 0 Å². The number of hydrogen-bond donors (Lipinski definition) is 0. The zero-order valence-electron chi connectivity index (χ0n) is 37.1. The Kier molecular flexibility index (Phi) is 39.1. The fourth-order valence-corrected chi connectivity index (χ4v) is 6.75. The van der Waals surface area contributed by atoms with E-state index in [2.05, 4.69) is 62.5 Å². The Balaban J connectivity index is 4.23. The molecule has 0 N–H and O–H groups in total. The second-order valence-corrected chi connectivity index (χ2v) is 17.8. The van der Waals surface area contributed by atoms with Crippen LogP contribution in [0.3, 0.4) is 0 Å². The fourth-order valence-electron chi connectivity index (χ4n) is 6.02. The van der Waals surface area contributed by atoms with E-state index in [-0.39, 0.29) is 25.8 Å². The van der Waals surface area contributed by atoms with Crippen LogP contribution in [0.2, 0.25) is 0 Å². The summed E-state index contributed by atoms with van der Waals surface area (Å²) >= 11 is 0. The van der Waals surface area contributed by atoms with Gasteiger partial charge in [-0.3, -0.25) is 9.36 Å². The molecule has 0 aliphatic heterocycles. The summed E-state index contributed by atoms with van der Waals surface area (Å²) in [7, 11) is 1.34. The van der Waals surface area contributed by atoms with E-state index in [1.165, 1.54) is 103 Å². The number of hydrogen-bond acceptors (Lipinski definition) is 7. The van der Waals surface area contributed by atoms with Gasteiger partial charge in [-0.05, 0) is 77.0 Å². The van der Waals surface area contributed by atoms with Crippen LogP contribution in [0.5, 0.6) is 0 Å². The predicted octanol–water partition coefficient (Wildman–Crippen LogP) is 12.9. The lowest BCUT2D eigenvalue weighted by Gasteiger charge is -2.28. The lowest BCUT2D eigenvalue weighted by molar-refractivity contribution is -0.870. The normalized spacial score (nSPS) is 14.2. The van der Waals surface area contributed by atoms with Gasteiger partial charge < -0.3 is 27.9 Å². The summed E-state index contributed by atoms with van der Waals surface area (Å²) < 4.78 is 34.6. The molecule has 9 heteroatoms. The van der Waals surface area contributed by atoms with Crippen molar-refractivity contribution in [1.82, 2.24) is 0 Å². The van der Waals surface area contributed by atoms with Crippen LogP contribution in [0.1, 0.15) is 187 Å². The predicted molar refractivity (Wildman–Crippen MR) is 236 cm³/mol. The van der Waals surface area contributed by atoms with Crippen molar-refractivity contribution < 1.29 is 37.3 Å². The molecule has 0 aliphatic rings. The third kappa shape index (κ3) is 43.6. The van der Waals surface area contributed by atoms with Crippen LogP contribution in [0.25, 0.3) is 0 Å². The Morgan fingerprint density at radius 1 is 0.554 bits per heavy atom. The number of carbonyl (C=O) groups excluding carboxylic acids is 1. The van der Waals surface area contributed by atoms with E-state index < -0.39 is 13.9 Å². The molecule has 0 saturated heterocycles. The summed E-state index contributed by atoms with van der Waals surface area (Å²) in [6.07, 6.45) is 48.3. The lowest BCUT2D eigenvalue weighted by atomic mass is 10.1. The molecule has 2 unspecified atom stereocenters. The van der Waals surface area contributed by atoms with E-state index in [0.717, 1.165) is 64.2 Å². The van der Waals surface area contributed by atoms with E-state index in [1.807, 2.05) is 21.1 Å². The highest BCUT2D eigenvalue weighted by Gasteiger charge is 2.20. The quantitative estimate of drug-likeness (QED) is 0.0199. The Morgan fingerprint density at radius 2 is 0.982 bits per heavy atom. The molecule has 0 saturated carbocycles. The van der Waals surface area contributed by atoms with Gasteiger partial charge >= 0.3 is 5.97 Å². The molecule has 328 valence electrons. The van der Waals surface area contributed by atoms with Gasteiger partial charge in [0.05, 0.1) is 34.4 Å². The second kappa shape index (κ2) is 40.2. The van der Waals surface area contributed by atoms with Crippen molar-refractivity contribution in [3.05, 3.63) is 48.6 Å². The molecule has 8 nitrogen and oxygen atoms in total. The minimum absolute atomic E-state index is 0.0211. The van der Waals surface area contributed by atoms with E-state index >= 15 is 0 Å². The van der Waals surface area contributed by atoms with Gasteiger partial charge in [0, 0.05) is 13.0 Å². The maximum Gasteiger partial charge on any atom is 0.306 e. The van der Waals surface area contributed by atoms with Crippen molar-refractivity contribution in [2.75, 3.05) is 54.1 Å². The smallest absolute Gasteiger partial charge is 0.306 e. The summed E-state index contributed by atoms with van der Waals surface area (Å²) in [5.41, 5.74) is 0. The van der Waals surface area contributed by atoms with E-state index in [1.54, 1.807) is 0 Å². The molecule has 56 heavy (non-hydrogen) atoms. The van der Waals surface area contributed by atoms with Crippen LogP contribution in [-0.2, 0) is 27.9 Å². The number of rotatable bonds is 42. The van der Waals surface area contributed by atoms with Gasteiger partial charge in [0.2, 0.25) is 0 Å². The van der Waals surface area contributed by atoms with Crippen molar-refractivity contribution in [2.45, 2.75) is 193 Å². The number of phosphoric acid groups is 1. The molecule has 0 aromatic heterocycles. The maximum atomic E-state index is 12.7. The minimum Gasteiger partial charge on any atom is -0.756 e. The third-order valence-corrected chi connectivity index (χ3v) is 10.6. The van der Waals surface area contributed by atoms with Gasteiger partial charge in [-0.25, -0.2) is 0 Å². The molecule has 0 aromatic rings. The van der Waals surface area contributed by atoms with Crippen molar-refractivity contribution in [3.63, 3.8) is 0 Å². The first-order valence-electron chi connectivity index (χ1n) is 22.9. The van der Waals surface area contributed by atoms with E-state index in [9.17, 15) is 14.3 Å². The Morgan fingerprint density at radius 3 is 1.52 bits per heavy atom. The molecule has 2 atom stereocenters. The maximum absolute atomic E-state index is 12.7. The molecular formula is C47H88NO7P. The number of phosphoric ester groups is 1. The Labute approximate surface area is 346 Å². The van der Waals surface area contributed by atoms with Gasteiger partial charge in [0.25, 0.3) is 7.82 Å². The molecular weight excluding hydrogens is 721 g/mol. The highest BCUT2D eigenvalue weighted by atomic mass is 31.2. The van der Waals surface area contributed by atoms with Crippen molar-refractivity contribution in [1.29, 1.82) is 0 Å². The van der Waals surface area contributed by atoms with Crippen LogP contribution in [0, 0.1) is 0 Å². The molecule has 0 bridgehead atoms. The zero-order chi connectivity index (χ0) is 41.3. The Hall–Kier alpha value is -1.54. The van der Waals surface area contributed by atoms with Gasteiger partial charge in [0.1, 0.15) is 19.3 Å². The largest absolute Gasteiger partial charge is 0.756 e. The SMILES string of the molecule is CCCCC/C=C\C/C=C\C/C=C\CCCCCCCCCOCC(COP(=O)([O-])OCC[N+](C)(C)C)OC(=O)CCCCCCC/C=C\CCCCCCC. The summed E-state index contributed by atoms with van der Waals surface area (Å²) in [5, 5.41) is 0. The first-order valence-corrected chi connectivity index (χ1v) is 24.3. The molecule has 0 heterocycles. The summed E-state index contributed by atoms with van der Waals surface area (Å²) in [5.74, 6) is -0.348. The number of nitrogens with zero attached hydrogens (tertiary/aromatic N) is 1. The van der Waals surface area contributed by atoms with E-state index in [4.69, 9.17) is 18.5 Å². The van der Waals surface area contributed by atoms with Crippen LogP contribution >= 0.6 is 7.82 Å². The molecule has 0 fully saturated rings. The monoisotopic (exact) mass is 810 g/mol. The van der Waals surface area contributed by atoms with Gasteiger partial charge in [-0.15, -0.1) is 0 Å². The van der Waals surface area contributed by atoms with Crippen LogP contribution in [0.15, 0.2) is 48.6 Å². The topological polar surface area (TPSA) is 94.1 Å². The standard InChI is InChI=1S/C47H88NO7P/c1-6-8-10-12-14-16-18-20-22-23-24-25-26-27-29-31-33-35-37-39-42-52-44-46(45-54-56(50,51)53-43-41-48(3,4)5)55-47(49)40-38-36-34-32-30-28-21-19-17-15-13-11-9-7-2/h14,16,19-22,24-25,46H,6-13,15,17-18,23,26-45H2,1-5H3/b16-14-,21-19-,22-20-,25-24-. The number of ether oxygens (including phenoxy) is 2. The molecule has 0 radical (unpaired) electrons. The molecule has 0 amide bonds. The number of likely N-dealkylation sites (N-methyl/N-ethyl adjacent to an activating group) is 1. The van der Waals surface area contributed by atoms with Crippen LogP contribution < -0.4 is 4.89 Å². The molecule has 0 aliphatic carbocycles. The first-order chi connectivity index (χ1) is 27.1. The van der Waals surface area contributed by atoms with Crippen LogP contribution in [-0.4, -0.2) is 70.7 Å². The summed E-state index contributed by atoms with van der Waals surface area (Å²) in [4.78, 5) is 25.1. The van der Waals surface area contributed by atoms with Crippen molar-refractivity contribution in [2.24, 2.45) is 0 Å². The number of esters is 1. The Bertz CT molecular complexity index is 1040. The average molecular weight is 810 g/mol. The highest BCUT2D eigenvalue weighted by Crippen LogP contribution is 2.38. The first kappa shape index (κ1) is 54.5. The minimum atomic E-state index is -4.53. The number of allylic oxidation sites excluding steroid dienone is 8. The second-order valence-electron chi connectivity index (χ2n) is 16.4. The lowest BCUT2D eigenvalue weighted by Crippen LogP contribution is -2.37. The van der Waals surface area contributed by atoms with Crippen LogP contribution in [0.4, 0.5) is 0 Å². The van der Waals surface area contributed by atoms with E-state index in [0.29, 0.717) is 24.1 Å². The van der Waals surface area contributed by atoms with Crippen molar-refractivity contribution in [3.8, 4) is 0 Å². The average Bonchev–Trinajstić information content (AvgIpc) is 3.15. The third-order valence-electron chi connectivity index (χ3n) is 9.60. The highest BCUT2D eigenvalue weighted by molar-refractivity contribution is 7.45. The fraction of sp³-hybridized carbons (Fsp3) is 0.809. The van der Waals surface area contributed by atoms with Crippen molar-refractivity contribution >= 4 is 13.8 Å². The zero-order valence-corrected chi connectivity index (χ0v) is 38.0. The number of carbonyl (C=O) groups is 1. The number of quaternary nitrogens is 1. The number of unbranched alkanes of at least 4 members (excludes halogenated alkanes) is 20. The summed E-state index contributed by atoms with van der Waals surface area (Å²) in [6, 6.07) is 0. The molecule has 0 spiro atoms. The van der Waals surface area contributed by atoms with Gasteiger partial charge in [0.15, 0.2) is 0 Å². The molecule has 0 aromatic carbocycles. The van der Waals surface area contributed by atoms with Gasteiger partial charge in [-0.1, -0.05) is 152 Å². The summed E-state index contributed by atoms with van der Waals surface area (Å²) in [6.45, 7) is 5.34. The molecule has 0 rings (SSSR count).